The molecular weight excluding hydrogens is 421 g/mol. The predicted octanol–water partition coefficient (Wildman–Crippen LogP) is 3.88. The summed E-state index contributed by atoms with van der Waals surface area (Å²) in [6.45, 7) is 5.63. The molecule has 1 aliphatic heterocycles. The minimum Gasteiger partial charge on any atom is -0.492 e. The van der Waals surface area contributed by atoms with Crippen LogP contribution in [0.25, 0.3) is 0 Å². The highest BCUT2D eigenvalue weighted by Crippen LogP contribution is 2.29. The Balaban J connectivity index is 1.21. The molecule has 1 saturated heterocycles. The summed E-state index contributed by atoms with van der Waals surface area (Å²) in [5, 5.41) is 3.93. The summed E-state index contributed by atoms with van der Waals surface area (Å²) in [7, 11) is 0. The third kappa shape index (κ3) is 6.30. The van der Waals surface area contributed by atoms with Gasteiger partial charge in [-0.1, -0.05) is 41.6 Å². The van der Waals surface area contributed by atoms with E-state index in [0.717, 1.165) is 50.6 Å². The monoisotopic (exact) mass is 446 g/mol. The summed E-state index contributed by atoms with van der Waals surface area (Å²) < 4.78 is 49.7. The average molecular weight is 446 g/mol. The molecule has 0 spiro atoms. The van der Waals surface area contributed by atoms with Crippen molar-refractivity contribution in [3.8, 4) is 5.75 Å². The molecule has 3 aromatic rings. The van der Waals surface area contributed by atoms with E-state index in [1.54, 1.807) is 6.07 Å². The molecular formula is C23H25F3N4O2. The molecule has 9 heteroatoms. The molecule has 0 bridgehead atoms. The van der Waals surface area contributed by atoms with Crippen molar-refractivity contribution in [3.05, 3.63) is 77.4 Å². The Bertz CT molecular complexity index is 986. The number of para-hydroxylation sites is 1. The number of nitrogens with zero attached hydrogens (tertiary/aromatic N) is 4. The van der Waals surface area contributed by atoms with Crippen molar-refractivity contribution in [2.24, 2.45) is 0 Å². The van der Waals surface area contributed by atoms with E-state index in [1.807, 2.05) is 30.3 Å². The SMILES string of the molecule is FC(F)(F)c1cccc(Cc2noc(CN3CCN(CCOc4ccccc4)CC3)n2)c1. The summed E-state index contributed by atoms with van der Waals surface area (Å²) in [6, 6.07) is 15.0. The van der Waals surface area contributed by atoms with Gasteiger partial charge in [-0.2, -0.15) is 18.2 Å². The average Bonchev–Trinajstić information content (AvgIpc) is 3.22. The van der Waals surface area contributed by atoms with Crippen LogP contribution in [-0.2, 0) is 19.1 Å². The summed E-state index contributed by atoms with van der Waals surface area (Å²) in [4.78, 5) is 8.95. The van der Waals surface area contributed by atoms with Crippen LogP contribution >= 0.6 is 0 Å². The van der Waals surface area contributed by atoms with Crippen LogP contribution in [0.2, 0.25) is 0 Å². The molecule has 2 aromatic carbocycles. The fourth-order valence-corrected chi connectivity index (χ4v) is 3.64. The fourth-order valence-electron chi connectivity index (χ4n) is 3.64. The third-order valence-corrected chi connectivity index (χ3v) is 5.37. The van der Waals surface area contributed by atoms with Crippen LogP contribution < -0.4 is 4.74 Å². The van der Waals surface area contributed by atoms with E-state index in [1.165, 1.54) is 6.07 Å². The maximum atomic E-state index is 12.9. The second-order valence-corrected chi connectivity index (χ2v) is 7.76. The molecule has 0 unspecified atom stereocenters. The maximum absolute atomic E-state index is 12.9. The zero-order valence-corrected chi connectivity index (χ0v) is 17.6. The summed E-state index contributed by atoms with van der Waals surface area (Å²) in [5.74, 6) is 1.74. The highest BCUT2D eigenvalue weighted by atomic mass is 19.4. The first-order chi connectivity index (χ1) is 15.5. The molecule has 2 heterocycles. The molecule has 1 aromatic heterocycles. The van der Waals surface area contributed by atoms with Crippen molar-refractivity contribution in [1.29, 1.82) is 0 Å². The predicted molar refractivity (Wildman–Crippen MR) is 112 cm³/mol. The molecule has 0 radical (unpaired) electrons. The quantitative estimate of drug-likeness (QED) is 0.524. The lowest BCUT2D eigenvalue weighted by molar-refractivity contribution is -0.137. The smallest absolute Gasteiger partial charge is 0.416 e. The van der Waals surface area contributed by atoms with Crippen LogP contribution in [0.1, 0.15) is 22.8 Å². The van der Waals surface area contributed by atoms with Crippen LogP contribution in [0.3, 0.4) is 0 Å². The Morgan fingerprint density at radius 1 is 0.938 bits per heavy atom. The summed E-state index contributed by atoms with van der Waals surface area (Å²) in [5.41, 5.74) is -0.177. The molecule has 1 fully saturated rings. The summed E-state index contributed by atoms with van der Waals surface area (Å²) in [6.07, 6.45) is -4.17. The van der Waals surface area contributed by atoms with E-state index in [2.05, 4.69) is 19.9 Å². The van der Waals surface area contributed by atoms with E-state index in [4.69, 9.17) is 9.26 Å². The van der Waals surface area contributed by atoms with Crippen molar-refractivity contribution < 1.29 is 22.4 Å². The van der Waals surface area contributed by atoms with Gasteiger partial charge in [-0.05, 0) is 23.8 Å². The van der Waals surface area contributed by atoms with E-state index in [9.17, 15) is 13.2 Å². The van der Waals surface area contributed by atoms with Crippen molar-refractivity contribution in [1.82, 2.24) is 19.9 Å². The lowest BCUT2D eigenvalue weighted by Crippen LogP contribution is -2.47. The van der Waals surface area contributed by atoms with Crippen molar-refractivity contribution >= 4 is 0 Å². The maximum Gasteiger partial charge on any atom is 0.416 e. The molecule has 1 aliphatic rings. The number of aromatic nitrogens is 2. The van der Waals surface area contributed by atoms with Crippen molar-refractivity contribution in [3.63, 3.8) is 0 Å². The first-order valence-corrected chi connectivity index (χ1v) is 10.6. The van der Waals surface area contributed by atoms with Crippen LogP contribution in [0, 0.1) is 0 Å². The zero-order chi connectivity index (χ0) is 22.4. The molecule has 0 N–H and O–H groups in total. The van der Waals surface area contributed by atoms with Gasteiger partial charge in [-0.3, -0.25) is 9.80 Å². The molecule has 32 heavy (non-hydrogen) atoms. The second-order valence-electron chi connectivity index (χ2n) is 7.76. The Hall–Kier alpha value is -2.91. The summed E-state index contributed by atoms with van der Waals surface area (Å²) >= 11 is 0. The lowest BCUT2D eigenvalue weighted by atomic mass is 10.1. The van der Waals surface area contributed by atoms with Gasteiger partial charge in [0.1, 0.15) is 12.4 Å². The number of alkyl halides is 3. The second kappa shape index (κ2) is 10.1. The highest BCUT2D eigenvalue weighted by molar-refractivity contribution is 5.27. The van der Waals surface area contributed by atoms with Gasteiger partial charge >= 0.3 is 6.18 Å². The molecule has 170 valence electrons. The van der Waals surface area contributed by atoms with Crippen LogP contribution in [0.5, 0.6) is 5.75 Å². The molecule has 4 rings (SSSR count). The molecule has 6 nitrogen and oxygen atoms in total. The Morgan fingerprint density at radius 3 is 2.44 bits per heavy atom. The minimum atomic E-state index is -4.37. The van der Waals surface area contributed by atoms with Gasteiger partial charge < -0.3 is 9.26 Å². The molecule has 0 atom stereocenters. The lowest BCUT2D eigenvalue weighted by Gasteiger charge is -2.33. The van der Waals surface area contributed by atoms with Gasteiger partial charge in [0.05, 0.1) is 12.1 Å². The first kappa shape index (κ1) is 22.3. The van der Waals surface area contributed by atoms with Gasteiger partial charge in [-0.15, -0.1) is 0 Å². The van der Waals surface area contributed by atoms with Crippen molar-refractivity contribution in [2.45, 2.75) is 19.1 Å². The van der Waals surface area contributed by atoms with Gasteiger partial charge in [0.25, 0.3) is 0 Å². The first-order valence-electron chi connectivity index (χ1n) is 10.6. The van der Waals surface area contributed by atoms with Crippen LogP contribution in [-0.4, -0.2) is 59.3 Å². The number of ether oxygens (including phenoxy) is 1. The minimum absolute atomic E-state index is 0.197. The van der Waals surface area contributed by atoms with Gasteiger partial charge in [0.2, 0.25) is 5.89 Å². The van der Waals surface area contributed by atoms with Crippen molar-refractivity contribution in [2.75, 3.05) is 39.3 Å². The van der Waals surface area contributed by atoms with Gasteiger partial charge in [0, 0.05) is 39.1 Å². The number of benzene rings is 2. The number of hydrogen-bond donors (Lipinski definition) is 0. The van der Waals surface area contributed by atoms with Crippen LogP contribution in [0.15, 0.2) is 59.1 Å². The Morgan fingerprint density at radius 2 is 1.69 bits per heavy atom. The number of rotatable bonds is 8. The Labute approximate surface area is 184 Å². The molecule has 0 saturated carbocycles. The number of piperazine rings is 1. The third-order valence-electron chi connectivity index (χ3n) is 5.37. The highest BCUT2D eigenvalue weighted by Gasteiger charge is 2.30. The standard InChI is InChI=1S/C23H25F3N4O2/c24-23(25,26)19-6-4-5-18(15-19)16-21-27-22(32-28-21)17-30-11-9-29(10-12-30)13-14-31-20-7-2-1-3-8-20/h1-8,15H,9-14,16-17H2. The van der Waals surface area contributed by atoms with E-state index >= 15 is 0 Å². The van der Waals surface area contributed by atoms with Gasteiger partial charge in [0.15, 0.2) is 5.82 Å². The zero-order valence-electron chi connectivity index (χ0n) is 17.6. The van der Waals surface area contributed by atoms with Crippen LogP contribution in [0.4, 0.5) is 13.2 Å². The fraction of sp³-hybridized carbons (Fsp3) is 0.391. The van der Waals surface area contributed by atoms with Gasteiger partial charge in [-0.25, -0.2) is 0 Å². The largest absolute Gasteiger partial charge is 0.492 e. The Kier molecular flexibility index (Phi) is 7.06. The topological polar surface area (TPSA) is 54.6 Å². The molecule has 0 amide bonds. The van der Waals surface area contributed by atoms with E-state index < -0.39 is 11.7 Å². The number of hydrogen-bond acceptors (Lipinski definition) is 6. The van der Waals surface area contributed by atoms with E-state index in [-0.39, 0.29) is 6.42 Å². The van der Waals surface area contributed by atoms with E-state index in [0.29, 0.717) is 30.4 Å². The number of halogens is 3. The molecule has 0 aliphatic carbocycles. The normalized spacial score (nSPS) is 15.7.